The van der Waals surface area contributed by atoms with Gasteiger partial charge < -0.3 is 10.2 Å². The van der Waals surface area contributed by atoms with Crippen molar-refractivity contribution in [2.75, 3.05) is 13.1 Å². The van der Waals surface area contributed by atoms with Gasteiger partial charge in [-0.2, -0.15) is 10.4 Å². The summed E-state index contributed by atoms with van der Waals surface area (Å²) in [5, 5.41) is 15.6. The van der Waals surface area contributed by atoms with Gasteiger partial charge in [0.25, 0.3) is 5.91 Å². The molecule has 0 aliphatic heterocycles. The van der Waals surface area contributed by atoms with Crippen molar-refractivity contribution in [1.82, 2.24) is 20.0 Å². The number of carbonyl (C=O) groups excluding carboxylic acids is 2. The third kappa shape index (κ3) is 5.42. The molecule has 1 aromatic carbocycles. The SMILES string of the molecule is Cn1nc(C(C)(C)C)cc1C(=O)N(CC(=O)NCC#N)Cc1ccccc1. The van der Waals surface area contributed by atoms with Crippen LogP contribution in [0.3, 0.4) is 0 Å². The zero-order valence-electron chi connectivity index (χ0n) is 16.2. The van der Waals surface area contributed by atoms with E-state index in [0.29, 0.717) is 5.69 Å². The molecule has 0 bridgehead atoms. The molecule has 0 spiro atoms. The first kappa shape index (κ1) is 20.2. The van der Waals surface area contributed by atoms with Gasteiger partial charge in [-0.1, -0.05) is 51.1 Å². The fraction of sp³-hybridized carbons (Fsp3) is 0.400. The molecular formula is C20H25N5O2. The Bertz CT molecular complexity index is 843. The van der Waals surface area contributed by atoms with Crippen LogP contribution in [0.15, 0.2) is 36.4 Å². The minimum absolute atomic E-state index is 0.0912. The van der Waals surface area contributed by atoms with Crippen molar-refractivity contribution in [2.24, 2.45) is 7.05 Å². The number of amides is 2. The number of nitrogens with one attached hydrogen (secondary N) is 1. The first-order valence-electron chi connectivity index (χ1n) is 8.73. The second kappa shape index (κ2) is 8.49. The van der Waals surface area contributed by atoms with E-state index in [2.05, 4.69) is 10.4 Å². The van der Waals surface area contributed by atoms with Crippen LogP contribution in [-0.4, -0.2) is 39.6 Å². The molecule has 2 aromatic rings. The van der Waals surface area contributed by atoms with Gasteiger partial charge in [-0.15, -0.1) is 0 Å². The number of aromatic nitrogens is 2. The predicted octanol–water partition coefficient (Wildman–Crippen LogP) is 2.00. The van der Waals surface area contributed by atoms with Gasteiger partial charge in [0.2, 0.25) is 5.91 Å². The Balaban J connectivity index is 2.29. The lowest BCUT2D eigenvalue weighted by Gasteiger charge is -2.22. The molecule has 0 radical (unpaired) electrons. The van der Waals surface area contributed by atoms with E-state index in [-0.39, 0.29) is 36.9 Å². The number of nitriles is 1. The molecule has 1 N–H and O–H groups in total. The Morgan fingerprint density at radius 1 is 1.26 bits per heavy atom. The minimum atomic E-state index is -0.376. The first-order chi connectivity index (χ1) is 12.7. The van der Waals surface area contributed by atoms with E-state index in [1.165, 1.54) is 4.90 Å². The number of hydrogen-bond acceptors (Lipinski definition) is 4. The van der Waals surface area contributed by atoms with E-state index in [0.717, 1.165) is 11.3 Å². The maximum atomic E-state index is 13.1. The van der Waals surface area contributed by atoms with Crippen molar-refractivity contribution < 1.29 is 9.59 Å². The number of rotatable bonds is 6. The van der Waals surface area contributed by atoms with Gasteiger partial charge >= 0.3 is 0 Å². The molecule has 0 aliphatic carbocycles. The molecule has 0 saturated heterocycles. The van der Waals surface area contributed by atoms with E-state index in [4.69, 9.17) is 5.26 Å². The lowest BCUT2D eigenvalue weighted by molar-refractivity contribution is -0.121. The van der Waals surface area contributed by atoms with E-state index in [1.54, 1.807) is 17.8 Å². The second-order valence-electron chi connectivity index (χ2n) is 7.37. The highest BCUT2D eigenvalue weighted by Crippen LogP contribution is 2.22. The summed E-state index contributed by atoms with van der Waals surface area (Å²) >= 11 is 0. The van der Waals surface area contributed by atoms with E-state index >= 15 is 0 Å². The molecule has 7 heteroatoms. The van der Waals surface area contributed by atoms with Crippen molar-refractivity contribution in [2.45, 2.75) is 32.7 Å². The molecule has 1 heterocycles. The fourth-order valence-corrected chi connectivity index (χ4v) is 2.57. The zero-order chi connectivity index (χ0) is 20.0. The van der Waals surface area contributed by atoms with Crippen LogP contribution in [0, 0.1) is 11.3 Å². The maximum absolute atomic E-state index is 13.1. The van der Waals surface area contributed by atoms with Gasteiger partial charge in [-0.3, -0.25) is 14.3 Å². The zero-order valence-corrected chi connectivity index (χ0v) is 16.2. The molecule has 0 fully saturated rings. The van der Waals surface area contributed by atoms with Gasteiger partial charge in [0.05, 0.1) is 11.8 Å². The van der Waals surface area contributed by atoms with Crippen LogP contribution in [0.2, 0.25) is 0 Å². The Morgan fingerprint density at radius 3 is 2.48 bits per heavy atom. The summed E-state index contributed by atoms with van der Waals surface area (Å²) in [5.74, 6) is -0.657. The third-order valence-corrected chi connectivity index (χ3v) is 4.07. The van der Waals surface area contributed by atoms with Crippen LogP contribution in [-0.2, 0) is 23.8 Å². The predicted molar refractivity (Wildman–Crippen MR) is 102 cm³/mol. The number of hydrogen-bond donors (Lipinski definition) is 1. The van der Waals surface area contributed by atoms with Crippen molar-refractivity contribution in [3.63, 3.8) is 0 Å². The molecule has 2 amide bonds. The van der Waals surface area contributed by atoms with Crippen LogP contribution in [0.25, 0.3) is 0 Å². The molecule has 7 nitrogen and oxygen atoms in total. The highest BCUT2D eigenvalue weighted by molar-refractivity contribution is 5.95. The topological polar surface area (TPSA) is 91.0 Å². The lowest BCUT2D eigenvalue weighted by atomic mass is 9.92. The number of nitrogens with zero attached hydrogens (tertiary/aromatic N) is 4. The lowest BCUT2D eigenvalue weighted by Crippen LogP contribution is -2.41. The summed E-state index contributed by atoms with van der Waals surface area (Å²) < 4.78 is 1.55. The van der Waals surface area contributed by atoms with Gasteiger partial charge in [-0.25, -0.2) is 0 Å². The minimum Gasteiger partial charge on any atom is -0.341 e. The Kier molecular flexibility index (Phi) is 6.35. The van der Waals surface area contributed by atoms with Crippen LogP contribution < -0.4 is 5.32 Å². The highest BCUT2D eigenvalue weighted by atomic mass is 16.2. The largest absolute Gasteiger partial charge is 0.341 e. The van der Waals surface area contributed by atoms with Gasteiger partial charge in [0.15, 0.2) is 0 Å². The molecule has 1 aromatic heterocycles. The third-order valence-electron chi connectivity index (χ3n) is 4.07. The first-order valence-corrected chi connectivity index (χ1v) is 8.73. The average Bonchev–Trinajstić information content (AvgIpc) is 3.02. The maximum Gasteiger partial charge on any atom is 0.272 e. The number of carbonyl (C=O) groups is 2. The van der Waals surface area contributed by atoms with Crippen molar-refractivity contribution >= 4 is 11.8 Å². The van der Waals surface area contributed by atoms with Gasteiger partial charge in [0, 0.05) is 19.0 Å². The summed E-state index contributed by atoms with van der Waals surface area (Å²) in [6, 6.07) is 13.1. The van der Waals surface area contributed by atoms with Gasteiger partial charge in [-0.05, 0) is 11.6 Å². The molecule has 27 heavy (non-hydrogen) atoms. The quantitative estimate of drug-likeness (QED) is 0.791. The average molecular weight is 367 g/mol. The number of benzene rings is 1. The molecule has 2 rings (SSSR count). The summed E-state index contributed by atoms with van der Waals surface area (Å²) in [5.41, 5.74) is 1.95. The Hall–Kier alpha value is -3.14. The number of aryl methyl sites for hydroxylation is 1. The Labute approximate surface area is 159 Å². The van der Waals surface area contributed by atoms with E-state index in [9.17, 15) is 9.59 Å². The monoisotopic (exact) mass is 367 g/mol. The smallest absolute Gasteiger partial charge is 0.272 e. The van der Waals surface area contributed by atoms with Crippen LogP contribution in [0.1, 0.15) is 42.5 Å². The molecule has 142 valence electrons. The van der Waals surface area contributed by atoms with Crippen molar-refractivity contribution in [3.05, 3.63) is 53.3 Å². The molecule has 0 aliphatic rings. The van der Waals surface area contributed by atoms with Crippen LogP contribution in [0.5, 0.6) is 0 Å². The van der Waals surface area contributed by atoms with Gasteiger partial charge in [0.1, 0.15) is 18.8 Å². The molecule has 0 saturated carbocycles. The summed E-state index contributed by atoms with van der Waals surface area (Å²) in [6.07, 6.45) is 0. The summed E-state index contributed by atoms with van der Waals surface area (Å²) in [4.78, 5) is 26.7. The Morgan fingerprint density at radius 2 is 1.93 bits per heavy atom. The standard InChI is InChI=1S/C20H25N5O2/c1-20(2,3)17-12-16(24(4)23-17)19(27)25(14-18(26)22-11-10-21)13-15-8-6-5-7-9-15/h5-9,12H,11,13-14H2,1-4H3,(H,22,26). The summed E-state index contributed by atoms with van der Waals surface area (Å²) in [6.45, 7) is 6.15. The van der Waals surface area contributed by atoms with Crippen molar-refractivity contribution in [1.29, 1.82) is 5.26 Å². The van der Waals surface area contributed by atoms with E-state index < -0.39 is 0 Å². The molecule has 0 atom stereocenters. The summed E-state index contributed by atoms with van der Waals surface area (Å²) in [7, 11) is 1.72. The fourth-order valence-electron chi connectivity index (χ4n) is 2.57. The highest BCUT2D eigenvalue weighted by Gasteiger charge is 2.26. The molecular weight excluding hydrogens is 342 g/mol. The second-order valence-corrected chi connectivity index (χ2v) is 7.37. The van der Waals surface area contributed by atoms with Crippen LogP contribution in [0.4, 0.5) is 0 Å². The van der Waals surface area contributed by atoms with E-state index in [1.807, 2.05) is 57.2 Å². The normalized spacial score (nSPS) is 10.9. The van der Waals surface area contributed by atoms with Crippen molar-refractivity contribution in [3.8, 4) is 6.07 Å². The molecule has 0 unspecified atom stereocenters. The van der Waals surface area contributed by atoms with Crippen LogP contribution >= 0.6 is 0 Å².